The van der Waals surface area contributed by atoms with E-state index in [1.165, 1.54) is 12.1 Å². The van der Waals surface area contributed by atoms with E-state index in [9.17, 15) is 13.2 Å². The number of carbonyl (C=O) groups excluding carboxylic acids is 1. The molecule has 1 aliphatic heterocycles. The van der Waals surface area contributed by atoms with Crippen molar-refractivity contribution in [1.82, 2.24) is 9.62 Å². The van der Waals surface area contributed by atoms with E-state index in [1.807, 2.05) is 13.8 Å². The number of benzene rings is 1. The van der Waals surface area contributed by atoms with Crippen LogP contribution in [-0.4, -0.2) is 64.8 Å². The number of hydrogen-bond acceptors (Lipinski definition) is 5. The van der Waals surface area contributed by atoms with Gasteiger partial charge in [-0.2, -0.15) is 0 Å². The van der Waals surface area contributed by atoms with Crippen molar-refractivity contribution in [2.75, 3.05) is 39.5 Å². The fourth-order valence-corrected chi connectivity index (χ4v) is 3.72. The maximum atomic E-state index is 12.7. The van der Waals surface area contributed by atoms with Gasteiger partial charge in [-0.25, -0.2) is 13.1 Å². The average molecular weight is 384 g/mol. The Hall–Kier alpha value is -1.48. The average Bonchev–Trinajstić information content (AvgIpc) is 2.61. The number of rotatable bonds is 8. The monoisotopic (exact) mass is 384 g/mol. The molecule has 1 amide bonds. The normalized spacial score (nSPS) is 15.5. The van der Waals surface area contributed by atoms with E-state index >= 15 is 0 Å². The van der Waals surface area contributed by atoms with E-state index in [-0.39, 0.29) is 23.5 Å². The van der Waals surface area contributed by atoms with Gasteiger partial charge in [0.1, 0.15) is 0 Å². The summed E-state index contributed by atoms with van der Waals surface area (Å²) in [5.41, 5.74) is 1.17. The predicted octanol–water partition coefficient (Wildman–Crippen LogP) is 1.56. The molecule has 146 valence electrons. The number of morpholine rings is 1. The van der Waals surface area contributed by atoms with Crippen molar-refractivity contribution in [3.63, 3.8) is 0 Å². The van der Waals surface area contributed by atoms with Crippen LogP contribution in [0.4, 0.5) is 0 Å². The Balaban J connectivity index is 2.05. The molecule has 0 unspecified atom stereocenters. The zero-order chi connectivity index (χ0) is 19.2. The van der Waals surface area contributed by atoms with Gasteiger partial charge in [-0.15, -0.1) is 0 Å². The minimum Gasteiger partial charge on any atom is -0.379 e. The van der Waals surface area contributed by atoms with Crippen LogP contribution in [0.1, 0.15) is 36.2 Å². The number of aryl methyl sites for hydroxylation is 1. The molecule has 0 spiro atoms. The molecular formula is C18H28N2O5S. The number of amides is 1. The Morgan fingerprint density at radius 2 is 2.00 bits per heavy atom. The van der Waals surface area contributed by atoms with Gasteiger partial charge < -0.3 is 14.4 Å². The van der Waals surface area contributed by atoms with E-state index in [0.29, 0.717) is 44.9 Å². The Bertz CT molecular complexity index is 712. The smallest absolute Gasteiger partial charge is 0.254 e. The second-order valence-electron chi connectivity index (χ2n) is 6.55. The molecule has 1 heterocycles. The van der Waals surface area contributed by atoms with Crippen molar-refractivity contribution >= 4 is 15.9 Å². The molecular weight excluding hydrogens is 356 g/mol. The third-order valence-corrected chi connectivity index (χ3v) is 5.57. The minimum absolute atomic E-state index is 0.101. The summed E-state index contributed by atoms with van der Waals surface area (Å²) in [7, 11) is -3.67. The Kier molecular flexibility index (Phi) is 7.57. The third kappa shape index (κ3) is 5.77. The van der Waals surface area contributed by atoms with E-state index in [2.05, 4.69) is 4.72 Å². The first-order chi connectivity index (χ1) is 12.3. The number of sulfonamides is 1. The lowest BCUT2D eigenvalue weighted by molar-refractivity contribution is 0.0302. The maximum Gasteiger partial charge on any atom is 0.254 e. The SMILES string of the molecule is Cc1ccc(S(=O)(=O)NCCCOC(C)C)cc1C(=O)N1CCOCC1. The molecule has 0 aromatic heterocycles. The van der Waals surface area contributed by atoms with Gasteiger partial charge in [0.05, 0.1) is 24.2 Å². The van der Waals surface area contributed by atoms with Gasteiger partial charge in [0.2, 0.25) is 10.0 Å². The number of hydrogen-bond donors (Lipinski definition) is 1. The lowest BCUT2D eigenvalue weighted by Gasteiger charge is -2.27. The molecule has 0 radical (unpaired) electrons. The van der Waals surface area contributed by atoms with E-state index in [1.54, 1.807) is 17.9 Å². The summed E-state index contributed by atoms with van der Waals surface area (Å²) < 4.78 is 38.2. The van der Waals surface area contributed by atoms with Crippen molar-refractivity contribution in [3.8, 4) is 0 Å². The highest BCUT2D eigenvalue weighted by atomic mass is 32.2. The van der Waals surface area contributed by atoms with Gasteiger partial charge in [0.25, 0.3) is 5.91 Å². The summed E-state index contributed by atoms with van der Waals surface area (Å²) in [6.07, 6.45) is 0.709. The van der Waals surface area contributed by atoms with E-state index in [4.69, 9.17) is 9.47 Å². The molecule has 0 atom stereocenters. The summed E-state index contributed by atoms with van der Waals surface area (Å²) >= 11 is 0. The van der Waals surface area contributed by atoms with Crippen LogP contribution in [-0.2, 0) is 19.5 Å². The molecule has 1 N–H and O–H groups in total. The molecule has 2 rings (SSSR count). The molecule has 0 bridgehead atoms. The van der Waals surface area contributed by atoms with Crippen molar-refractivity contribution in [1.29, 1.82) is 0 Å². The second-order valence-corrected chi connectivity index (χ2v) is 8.32. The first kappa shape index (κ1) is 20.8. The number of carbonyl (C=O) groups is 1. The van der Waals surface area contributed by atoms with Crippen LogP contribution in [0.5, 0.6) is 0 Å². The van der Waals surface area contributed by atoms with Gasteiger partial charge in [0, 0.05) is 31.8 Å². The van der Waals surface area contributed by atoms with Gasteiger partial charge >= 0.3 is 0 Å². The molecule has 0 saturated carbocycles. The van der Waals surface area contributed by atoms with Gasteiger partial charge in [-0.05, 0) is 44.9 Å². The summed E-state index contributed by atoms with van der Waals surface area (Å²) in [5.74, 6) is -0.159. The second kappa shape index (κ2) is 9.45. The van der Waals surface area contributed by atoms with Crippen LogP contribution in [0.2, 0.25) is 0 Å². The molecule has 1 aromatic rings. The Morgan fingerprint density at radius 3 is 2.65 bits per heavy atom. The first-order valence-corrected chi connectivity index (χ1v) is 10.4. The fourth-order valence-electron chi connectivity index (χ4n) is 2.62. The molecule has 1 aliphatic rings. The van der Waals surface area contributed by atoms with Gasteiger partial charge in [-0.3, -0.25) is 4.79 Å². The molecule has 0 aliphatic carbocycles. The topological polar surface area (TPSA) is 84.9 Å². The molecule has 1 aromatic carbocycles. The number of nitrogens with one attached hydrogen (secondary N) is 1. The van der Waals surface area contributed by atoms with Gasteiger partial charge in [-0.1, -0.05) is 6.07 Å². The minimum atomic E-state index is -3.67. The molecule has 26 heavy (non-hydrogen) atoms. The number of ether oxygens (including phenoxy) is 2. The van der Waals surface area contributed by atoms with Crippen molar-refractivity contribution in [2.24, 2.45) is 0 Å². The Labute approximate surface area is 155 Å². The van der Waals surface area contributed by atoms with Crippen LogP contribution in [0.3, 0.4) is 0 Å². The van der Waals surface area contributed by atoms with Crippen LogP contribution in [0, 0.1) is 6.92 Å². The van der Waals surface area contributed by atoms with Gasteiger partial charge in [0.15, 0.2) is 0 Å². The summed E-state index contributed by atoms with van der Waals surface area (Å²) in [6, 6.07) is 4.66. The lowest BCUT2D eigenvalue weighted by atomic mass is 10.1. The summed E-state index contributed by atoms with van der Waals surface area (Å²) in [5, 5.41) is 0. The van der Waals surface area contributed by atoms with E-state index < -0.39 is 10.0 Å². The number of nitrogens with zero attached hydrogens (tertiary/aromatic N) is 1. The van der Waals surface area contributed by atoms with Crippen molar-refractivity contribution < 1.29 is 22.7 Å². The largest absolute Gasteiger partial charge is 0.379 e. The lowest BCUT2D eigenvalue weighted by Crippen LogP contribution is -2.41. The van der Waals surface area contributed by atoms with Crippen LogP contribution in [0.25, 0.3) is 0 Å². The van der Waals surface area contributed by atoms with Crippen molar-refractivity contribution in [3.05, 3.63) is 29.3 Å². The summed E-state index contributed by atoms with van der Waals surface area (Å²) in [4.78, 5) is 14.5. The third-order valence-electron chi connectivity index (χ3n) is 4.11. The van der Waals surface area contributed by atoms with Crippen LogP contribution in [0.15, 0.2) is 23.1 Å². The fraction of sp³-hybridized carbons (Fsp3) is 0.611. The quantitative estimate of drug-likeness (QED) is 0.688. The standard InChI is InChI=1S/C18H28N2O5S/c1-14(2)25-10-4-7-19-26(22,23)16-6-5-15(3)17(13-16)18(21)20-8-11-24-12-9-20/h5-6,13-14,19H,4,7-12H2,1-3H3. The zero-order valence-electron chi connectivity index (χ0n) is 15.7. The highest BCUT2D eigenvalue weighted by Crippen LogP contribution is 2.18. The highest BCUT2D eigenvalue weighted by molar-refractivity contribution is 7.89. The first-order valence-electron chi connectivity index (χ1n) is 8.90. The van der Waals surface area contributed by atoms with Crippen LogP contribution < -0.4 is 4.72 Å². The summed E-state index contributed by atoms with van der Waals surface area (Å²) in [6.45, 7) is 8.50. The Morgan fingerprint density at radius 1 is 1.31 bits per heavy atom. The molecule has 1 fully saturated rings. The van der Waals surface area contributed by atoms with Crippen LogP contribution >= 0.6 is 0 Å². The predicted molar refractivity (Wildman–Crippen MR) is 98.8 cm³/mol. The highest BCUT2D eigenvalue weighted by Gasteiger charge is 2.22. The van der Waals surface area contributed by atoms with E-state index in [0.717, 1.165) is 5.56 Å². The molecule has 1 saturated heterocycles. The zero-order valence-corrected chi connectivity index (χ0v) is 16.5. The molecule has 7 nitrogen and oxygen atoms in total. The maximum absolute atomic E-state index is 12.7. The molecule has 8 heteroatoms. The van der Waals surface area contributed by atoms with Crippen molar-refractivity contribution in [2.45, 2.75) is 38.2 Å².